The van der Waals surface area contributed by atoms with E-state index in [9.17, 15) is 4.79 Å². The lowest BCUT2D eigenvalue weighted by atomic mass is 10.1. The number of pyridine rings is 1. The molecule has 0 fully saturated rings. The van der Waals surface area contributed by atoms with Crippen molar-refractivity contribution in [2.75, 3.05) is 5.32 Å². The Hall–Kier alpha value is -2.16. The summed E-state index contributed by atoms with van der Waals surface area (Å²) in [5.74, 6) is -0.0452. The lowest BCUT2D eigenvalue weighted by Gasteiger charge is -2.04. The van der Waals surface area contributed by atoms with Crippen LogP contribution in [-0.4, -0.2) is 10.9 Å². The van der Waals surface area contributed by atoms with Crippen LogP contribution in [0, 0.1) is 0 Å². The zero-order valence-electron chi connectivity index (χ0n) is 10.4. The fourth-order valence-corrected chi connectivity index (χ4v) is 1.78. The molecule has 18 heavy (non-hydrogen) atoms. The molecule has 0 atom stereocenters. The molecule has 1 heterocycles. The van der Waals surface area contributed by atoms with Crippen molar-refractivity contribution in [3.05, 3.63) is 59.9 Å². The Kier molecular flexibility index (Phi) is 4.07. The Labute approximate surface area is 107 Å². The number of hydrogen-bond donors (Lipinski definition) is 1. The Morgan fingerprint density at radius 1 is 1.11 bits per heavy atom. The third-order valence-corrected chi connectivity index (χ3v) is 2.67. The Morgan fingerprint density at radius 3 is 2.50 bits per heavy atom. The third-order valence-electron chi connectivity index (χ3n) is 2.67. The summed E-state index contributed by atoms with van der Waals surface area (Å²) in [7, 11) is 0. The van der Waals surface area contributed by atoms with Gasteiger partial charge >= 0.3 is 0 Å². The molecule has 0 radical (unpaired) electrons. The molecule has 1 amide bonds. The van der Waals surface area contributed by atoms with E-state index in [0.29, 0.717) is 0 Å². The van der Waals surface area contributed by atoms with Gasteiger partial charge in [-0.15, -0.1) is 0 Å². The summed E-state index contributed by atoms with van der Waals surface area (Å²) < 4.78 is 0. The predicted molar refractivity (Wildman–Crippen MR) is 72.4 cm³/mol. The lowest BCUT2D eigenvalue weighted by molar-refractivity contribution is -0.114. The second kappa shape index (κ2) is 5.96. The Morgan fingerprint density at radius 2 is 1.89 bits per heavy atom. The van der Waals surface area contributed by atoms with Gasteiger partial charge in [0.05, 0.1) is 0 Å². The van der Waals surface area contributed by atoms with E-state index in [-0.39, 0.29) is 5.91 Å². The minimum Gasteiger partial charge on any atom is -0.326 e. The van der Waals surface area contributed by atoms with Gasteiger partial charge in [-0.3, -0.25) is 9.78 Å². The van der Waals surface area contributed by atoms with E-state index in [1.807, 2.05) is 48.7 Å². The van der Waals surface area contributed by atoms with Crippen molar-refractivity contribution in [3.8, 4) is 0 Å². The summed E-state index contributed by atoms with van der Waals surface area (Å²) in [6.07, 6.45) is 3.70. The average Bonchev–Trinajstić information content (AvgIpc) is 2.38. The van der Waals surface area contributed by atoms with Crippen LogP contribution in [0.15, 0.2) is 48.7 Å². The molecule has 0 bridgehead atoms. The second-order valence-electron chi connectivity index (χ2n) is 4.20. The van der Waals surface area contributed by atoms with E-state index in [4.69, 9.17) is 0 Å². The molecule has 0 saturated carbocycles. The first kappa shape index (κ1) is 12.3. The van der Waals surface area contributed by atoms with Crippen molar-refractivity contribution in [2.45, 2.75) is 19.8 Å². The van der Waals surface area contributed by atoms with Crippen molar-refractivity contribution in [1.29, 1.82) is 0 Å². The topological polar surface area (TPSA) is 42.0 Å². The summed E-state index contributed by atoms with van der Waals surface area (Å²) in [5.41, 5.74) is 3.18. The standard InChI is InChI=1S/C15H16N2O/c1-12(18)17-15-9-6-13(7-10-15)5-8-14-4-2-3-11-16-14/h2-4,6-7,9-11H,5,8H2,1H3,(H,17,18). The molecule has 0 saturated heterocycles. The van der Waals surface area contributed by atoms with Gasteiger partial charge in [-0.05, 0) is 42.7 Å². The number of benzene rings is 1. The van der Waals surface area contributed by atoms with Crippen molar-refractivity contribution >= 4 is 11.6 Å². The molecular formula is C15H16N2O. The monoisotopic (exact) mass is 240 g/mol. The number of aromatic nitrogens is 1. The maximum Gasteiger partial charge on any atom is 0.221 e. The van der Waals surface area contributed by atoms with Crippen LogP contribution in [0.1, 0.15) is 18.2 Å². The Balaban J connectivity index is 1.92. The number of anilines is 1. The predicted octanol–water partition coefficient (Wildman–Crippen LogP) is 2.83. The molecule has 0 unspecified atom stereocenters. The fraction of sp³-hybridized carbons (Fsp3) is 0.200. The summed E-state index contributed by atoms with van der Waals surface area (Å²) in [6.45, 7) is 1.51. The van der Waals surface area contributed by atoms with Crippen LogP contribution in [0.4, 0.5) is 5.69 Å². The Bertz CT molecular complexity index is 506. The number of nitrogens with one attached hydrogen (secondary N) is 1. The highest BCUT2D eigenvalue weighted by atomic mass is 16.1. The number of aryl methyl sites for hydroxylation is 2. The zero-order valence-corrected chi connectivity index (χ0v) is 10.4. The molecule has 3 nitrogen and oxygen atoms in total. The molecule has 1 N–H and O–H groups in total. The van der Waals surface area contributed by atoms with Crippen molar-refractivity contribution in [1.82, 2.24) is 4.98 Å². The third kappa shape index (κ3) is 3.70. The van der Waals surface area contributed by atoms with Crippen LogP contribution in [0.5, 0.6) is 0 Å². The molecule has 1 aromatic heterocycles. The minimum atomic E-state index is -0.0452. The molecule has 0 aliphatic rings. The molecular weight excluding hydrogens is 224 g/mol. The molecule has 1 aromatic carbocycles. The van der Waals surface area contributed by atoms with Gasteiger partial charge in [0, 0.05) is 24.5 Å². The highest BCUT2D eigenvalue weighted by Crippen LogP contribution is 2.11. The van der Waals surface area contributed by atoms with Crippen molar-refractivity contribution < 1.29 is 4.79 Å². The van der Waals surface area contributed by atoms with Gasteiger partial charge in [0.15, 0.2) is 0 Å². The number of carbonyl (C=O) groups excluding carboxylic acids is 1. The first-order valence-corrected chi connectivity index (χ1v) is 6.00. The van der Waals surface area contributed by atoms with Crippen LogP contribution in [0.25, 0.3) is 0 Å². The number of amides is 1. The second-order valence-corrected chi connectivity index (χ2v) is 4.20. The molecule has 2 aromatic rings. The molecule has 2 rings (SSSR count). The van der Waals surface area contributed by atoms with Gasteiger partial charge in [0.2, 0.25) is 5.91 Å². The lowest BCUT2D eigenvalue weighted by Crippen LogP contribution is -2.05. The van der Waals surface area contributed by atoms with E-state index in [1.165, 1.54) is 12.5 Å². The number of hydrogen-bond acceptors (Lipinski definition) is 2. The SMILES string of the molecule is CC(=O)Nc1ccc(CCc2ccccn2)cc1. The minimum absolute atomic E-state index is 0.0452. The smallest absolute Gasteiger partial charge is 0.221 e. The quantitative estimate of drug-likeness (QED) is 0.892. The molecule has 92 valence electrons. The van der Waals surface area contributed by atoms with Gasteiger partial charge in [-0.2, -0.15) is 0 Å². The molecule has 0 aliphatic heterocycles. The van der Waals surface area contributed by atoms with E-state index in [0.717, 1.165) is 24.2 Å². The van der Waals surface area contributed by atoms with Gasteiger partial charge in [-0.1, -0.05) is 18.2 Å². The number of rotatable bonds is 4. The van der Waals surface area contributed by atoms with E-state index >= 15 is 0 Å². The number of nitrogens with zero attached hydrogens (tertiary/aromatic N) is 1. The number of carbonyl (C=O) groups is 1. The van der Waals surface area contributed by atoms with Crippen LogP contribution in [0.2, 0.25) is 0 Å². The van der Waals surface area contributed by atoms with E-state index in [1.54, 1.807) is 0 Å². The first-order valence-electron chi connectivity index (χ1n) is 6.00. The first-order chi connectivity index (χ1) is 8.74. The van der Waals surface area contributed by atoms with Crippen molar-refractivity contribution in [2.24, 2.45) is 0 Å². The highest BCUT2D eigenvalue weighted by molar-refractivity contribution is 5.88. The summed E-state index contributed by atoms with van der Waals surface area (Å²) >= 11 is 0. The van der Waals surface area contributed by atoms with Crippen LogP contribution >= 0.6 is 0 Å². The van der Waals surface area contributed by atoms with Crippen molar-refractivity contribution in [3.63, 3.8) is 0 Å². The van der Waals surface area contributed by atoms with Crippen LogP contribution in [0.3, 0.4) is 0 Å². The van der Waals surface area contributed by atoms with Gasteiger partial charge in [-0.25, -0.2) is 0 Å². The van der Waals surface area contributed by atoms with Gasteiger partial charge in [0.25, 0.3) is 0 Å². The molecule has 3 heteroatoms. The summed E-state index contributed by atoms with van der Waals surface area (Å²) in [5, 5.41) is 2.75. The highest BCUT2D eigenvalue weighted by Gasteiger charge is 1.98. The van der Waals surface area contributed by atoms with Crippen LogP contribution < -0.4 is 5.32 Å². The van der Waals surface area contributed by atoms with E-state index in [2.05, 4.69) is 10.3 Å². The summed E-state index contributed by atoms with van der Waals surface area (Å²) in [6, 6.07) is 13.9. The zero-order chi connectivity index (χ0) is 12.8. The van der Waals surface area contributed by atoms with E-state index < -0.39 is 0 Å². The maximum atomic E-state index is 10.9. The van der Waals surface area contributed by atoms with Gasteiger partial charge in [0.1, 0.15) is 0 Å². The molecule has 0 spiro atoms. The fourth-order valence-electron chi connectivity index (χ4n) is 1.78. The normalized spacial score (nSPS) is 10.1. The van der Waals surface area contributed by atoms with Crippen LogP contribution in [-0.2, 0) is 17.6 Å². The summed E-state index contributed by atoms with van der Waals surface area (Å²) in [4.78, 5) is 15.2. The maximum absolute atomic E-state index is 10.9. The molecule has 0 aliphatic carbocycles. The largest absolute Gasteiger partial charge is 0.326 e. The average molecular weight is 240 g/mol. The van der Waals surface area contributed by atoms with Gasteiger partial charge < -0.3 is 5.32 Å².